The molecule has 2 aliphatic rings. The van der Waals surface area contributed by atoms with Crippen LogP contribution in [0.15, 0.2) is 54.9 Å². The molecule has 6 nitrogen and oxygen atoms in total. The molecular formula is C27H23F2N5O. The second-order valence-electron chi connectivity index (χ2n) is 9.81. The zero-order chi connectivity index (χ0) is 24.4. The van der Waals surface area contributed by atoms with Crippen LogP contribution in [-0.2, 0) is 12.0 Å². The fourth-order valence-corrected chi connectivity index (χ4v) is 6.14. The molecule has 0 aliphatic heterocycles. The van der Waals surface area contributed by atoms with E-state index < -0.39 is 17.0 Å². The molecule has 4 aromatic rings. The Morgan fingerprint density at radius 1 is 1.03 bits per heavy atom. The van der Waals surface area contributed by atoms with Crippen LogP contribution >= 0.6 is 0 Å². The maximum Gasteiger partial charge on any atom is 0.160 e. The van der Waals surface area contributed by atoms with Gasteiger partial charge in [0.15, 0.2) is 5.82 Å². The third-order valence-electron chi connectivity index (χ3n) is 7.94. The Bertz CT molecular complexity index is 1440. The van der Waals surface area contributed by atoms with E-state index in [0.29, 0.717) is 11.5 Å². The number of rotatable bonds is 4. The molecule has 1 N–H and O–H groups in total. The number of pyridine rings is 1. The van der Waals surface area contributed by atoms with Crippen molar-refractivity contribution in [3.63, 3.8) is 0 Å². The molecular weight excluding hydrogens is 448 g/mol. The molecule has 6 rings (SSSR count). The van der Waals surface area contributed by atoms with Crippen molar-refractivity contribution in [2.75, 3.05) is 0 Å². The highest BCUT2D eigenvalue weighted by Crippen LogP contribution is 2.69. The number of aliphatic hydroxyl groups is 1. The molecule has 1 saturated carbocycles. The van der Waals surface area contributed by atoms with Crippen molar-refractivity contribution in [3.8, 4) is 22.6 Å². The van der Waals surface area contributed by atoms with E-state index >= 15 is 0 Å². The molecule has 3 heterocycles. The van der Waals surface area contributed by atoms with Crippen molar-refractivity contribution < 1.29 is 13.9 Å². The summed E-state index contributed by atoms with van der Waals surface area (Å²) in [5.41, 5.74) is 3.29. The van der Waals surface area contributed by atoms with E-state index in [9.17, 15) is 13.9 Å². The van der Waals surface area contributed by atoms with Crippen molar-refractivity contribution in [1.29, 1.82) is 0 Å². The van der Waals surface area contributed by atoms with Crippen LogP contribution in [0.3, 0.4) is 0 Å². The first-order chi connectivity index (χ1) is 16.9. The minimum Gasteiger partial charge on any atom is -0.390 e. The number of benzene rings is 1. The fraction of sp³-hybridized carbons (Fsp3) is 0.296. The first-order valence-electron chi connectivity index (χ1n) is 11.6. The van der Waals surface area contributed by atoms with Gasteiger partial charge in [-0.1, -0.05) is 19.9 Å². The van der Waals surface area contributed by atoms with Gasteiger partial charge in [0.1, 0.15) is 11.6 Å². The van der Waals surface area contributed by atoms with Crippen molar-refractivity contribution in [1.82, 2.24) is 25.1 Å². The molecule has 0 saturated heterocycles. The second kappa shape index (κ2) is 7.68. The maximum atomic E-state index is 14.5. The van der Waals surface area contributed by atoms with E-state index in [2.05, 4.69) is 34.0 Å². The monoisotopic (exact) mass is 471 g/mol. The lowest BCUT2D eigenvalue weighted by Crippen LogP contribution is -2.38. The van der Waals surface area contributed by atoms with Crippen LogP contribution in [0.4, 0.5) is 8.78 Å². The van der Waals surface area contributed by atoms with Gasteiger partial charge >= 0.3 is 0 Å². The molecule has 2 bridgehead atoms. The van der Waals surface area contributed by atoms with Gasteiger partial charge in [0.05, 0.1) is 40.4 Å². The van der Waals surface area contributed by atoms with E-state index in [4.69, 9.17) is 4.98 Å². The normalized spacial score (nSPS) is 21.8. The van der Waals surface area contributed by atoms with E-state index in [0.717, 1.165) is 35.4 Å². The van der Waals surface area contributed by atoms with Gasteiger partial charge in [-0.25, -0.2) is 18.7 Å². The first-order valence-corrected chi connectivity index (χ1v) is 11.6. The topological polar surface area (TPSA) is 84.7 Å². The number of fused-ring (bicyclic) bond motifs is 5. The molecule has 0 spiro atoms. The van der Waals surface area contributed by atoms with Crippen LogP contribution in [0, 0.1) is 17.0 Å². The summed E-state index contributed by atoms with van der Waals surface area (Å²) in [6.45, 7) is 4.28. The number of hydrogen-bond donors (Lipinski definition) is 1. The SMILES string of the molecule is CC1(C)[C@H]2CC[C@@]1(c1ccnc(-c3ccc(CO)nc3)n1)c1nnc(-c3c(F)cccc3F)cc12. The van der Waals surface area contributed by atoms with E-state index in [1.165, 1.54) is 18.2 Å². The van der Waals surface area contributed by atoms with Crippen LogP contribution in [0.25, 0.3) is 22.6 Å². The predicted molar refractivity (Wildman–Crippen MR) is 125 cm³/mol. The fourth-order valence-electron chi connectivity index (χ4n) is 6.14. The van der Waals surface area contributed by atoms with E-state index in [1.54, 1.807) is 24.5 Å². The zero-order valence-electron chi connectivity index (χ0n) is 19.3. The molecule has 1 aromatic carbocycles. The van der Waals surface area contributed by atoms with Gasteiger partial charge in [0.2, 0.25) is 0 Å². The Balaban J connectivity index is 1.49. The summed E-state index contributed by atoms with van der Waals surface area (Å²) in [6, 6.07) is 11.1. The molecule has 1 fully saturated rings. The first kappa shape index (κ1) is 21.9. The van der Waals surface area contributed by atoms with Gasteiger partial charge in [0, 0.05) is 18.0 Å². The van der Waals surface area contributed by atoms with Crippen molar-refractivity contribution in [2.24, 2.45) is 5.41 Å². The van der Waals surface area contributed by atoms with Crippen LogP contribution in [0.2, 0.25) is 0 Å². The number of aromatic nitrogens is 5. The highest BCUT2D eigenvalue weighted by molar-refractivity contribution is 5.64. The van der Waals surface area contributed by atoms with Crippen molar-refractivity contribution in [3.05, 3.63) is 89.1 Å². The molecule has 2 aliphatic carbocycles. The molecule has 176 valence electrons. The second-order valence-corrected chi connectivity index (χ2v) is 9.81. The van der Waals surface area contributed by atoms with Gasteiger partial charge in [-0.05, 0) is 66.1 Å². The number of hydrogen-bond acceptors (Lipinski definition) is 6. The summed E-state index contributed by atoms with van der Waals surface area (Å²) in [4.78, 5) is 13.7. The molecule has 0 radical (unpaired) electrons. The minimum absolute atomic E-state index is 0.131. The molecule has 2 atom stereocenters. The van der Waals surface area contributed by atoms with Gasteiger partial charge in [-0.15, -0.1) is 5.10 Å². The van der Waals surface area contributed by atoms with E-state index in [1.807, 2.05) is 12.1 Å². The summed E-state index contributed by atoms with van der Waals surface area (Å²) in [5, 5.41) is 18.2. The molecule has 0 unspecified atom stereocenters. The lowest BCUT2D eigenvalue weighted by molar-refractivity contribution is 0.243. The Labute approximate surface area is 201 Å². The van der Waals surface area contributed by atoms with Gasteiger partial charge in [0.25, 0.3) is 0 Å². The maximum absolute atomic E-state index is 14.5. The Morgan fingerprint density at radius 2 is 1.83 bits per heavy atom. The quantitative estimate of drug-likeness (QED) is 0.452. The molecule has 35 heavy (non-hydrogen) atoms. The summed E-state index contributed by atoms with van der Waals surface area (Å²) in [5.74, 6) is -0.611. The highest BCUT2D eigenvalue weighted by Gasteiger charge is 2.65. The lowest BCUT2D eigenvalue weighted by atomic mass is 9.66. The van der Waals surface area contributed by atoms with Crippen LogP contribution in [-0.4, -0.2) is 30.3 Å². The number of aliphatic hydroxyl groups excluding tert-OH is 1. The van der Waals surface area contributed by atoms with Crippen LogP contribution < -0.4 is 0 Å². The highest BCUT2D eigenvalue weighted by atomic mass is 19.1. The zero-order valence-corrected chi connectivity index (χ0v) is 19.3. The molecule has 8 heteroatoms. The Morgan fingerprint density at radius 3 is 2.54 bits per heavy atom. The molecule has 0 amide bonds. The smallest absolute Gasteiger partial charge is 0.160 e. The van der Waals surface area contributed by atoms with Gasteiger partial charge in [-0.3, -0.25) is 4.98 Å². The summed E-state index contributed by atoms with van der Waals surface area (Å²) in [6.07, 6.45) is 5.15. The summed E-state index contributed by atoms with van der Waals surface area (Å²) in [7, 11) is 0. The lowest BCUT2D eigenvalue weighted by Gasteiger charge is -2.37. The van der Waals surface area contributed by atoms with Crippen molar-refractivity contribution >= 4 is 0 Å². The van der Waals surface area contributed by atoms with Crippen molar-refractivity contribution in [2.45, 2.75) is 44.6 Å². The number of nitrogens with zero attached hydrogens (tertiary/aromatic N) is 5. The van der Waals surface area contributed by atoms with Crippen LogP contribution in [0.5, 0.6) is 0 Å². The standard InChI is InChI=1S/C27H23F2N5O/c1-26(2)18-8-10-27(26,22-9-11-30-25(32-22)15-6-7-16(14-35)31-13-15)24-17(18)12-21(33-34-24)23-19(28)4-3-5-20(23)29/h3-7,9,11-13,18,35H,8,10,14H2,1-2H3/t18-,27+/m0/s1. The van der Waals surface area contributed by atoms with Gasteiger partial charge in [-0.2, -0.15) is 5.10 Å². The molecule has 3 aromatic heterocycles. The van der Waals surface area contributed by atoms with Gasteiger partial charge < -0.3 is 5.11 Å². The predicted octanol–water partition coefficient (Wildman–Crippen LogP) is 4.97. The average molecular weight is 472 g/mol. The third-order valence-corrected chi connectivity index (χ3v) is 7.94. The summed E-state index contributed by atoms with van der Waals surface area (Å²) < 4.78 is 29.0. The largest absolute Gasteiger partial charge is 0.390 e. The number of halogens is 2. The summed E-state index contributed by atoms with van der Waals surface area (Å²) >= 11 is 0. The third kappa shape index (κ3) is 2.99. The minimum atomic E-state index is -0.655. The average Bonchev–Trinajstić information content (AvgIpc) is 3.25. The Kier molecular flexibility index (Phi) is 4.79. The van der Waals surface area contributed by atoms with Crippen LogP contribution in [0.1, 0.15) is 55.3 Å². The van der Waals surface area contributed by atoms with E-state index in [-0.39, 0.29) is 29.2 Å². The Hall–Kier alpha value is -3.65.